The molecule has 0 N–H and O–H groups in total. The predicted molar refractivity (Wildman–Crippen MR) is 162 cm³/mol. The van der Waals surface area contributed by atoms with Crippen molar-refractivity contribution in [1.82, 2.24) is 0 Å². The number of ether oxygens (including phenoxy) is 3. The normalized spacial score (nSPS) is 13.8. The lowest BCUT2D eigenvalue weighted by atomic mass is 9.97. The van der Waals surface area contributed by atoms with Crippen LogP contribution in [0, 0.1) is 5.92 Å². The van der Waals surface area contributed by atoms with Crippen LogP contribution in [0.5, 0.6) is 0 Å². The van der Waals surface area contributed by atoms with Gasteiger partial charge in [0.25, 0.3) is 8.32 Å². The first-order valence-corrected chi connectivity index (χ1v) is 15.9. The Morgan fingerprint density at radius 2 is 1.45 bits per heavy atom. The molecule has 5 heteroatoms. The smallest absolute Gasteiger partial charge is 0.261 e. The highest BCUT2D eigenvalue weighted by Crippen LogP contribution is 2.37. The second kappa shape index (κ2) is 16.0. The van der Waals surface area contributed by atoms with E-state index in [2.05, 4.69) is 102 Å². The van der Waals surface area contributed by atoms with E-state index in [-0.39, 0.29) is 17.4 Å². The summed E-state index contributed by atoms with van der Waals surface area (Å²) < 4.78 is 24.1. The quantitative estimate of drug-likeness (QED) is 0.0659. The second-order valence-corrected chi connectivity index (χ2v) is 15.4. The molecule has 4 nitrogen and oxygen atoms in total. The summed E-state index contributed by atoms with van der Waals surface area (Å²) in [4.78, 5) is 0. The van der Waals surface area contributed by atoms with Crippen molar-refractivity contribution in [2.45, 2.75) is 83.7 Å². The molecule has 0 aliphatic heterocycles. The van der Waals surface area contributed by atoms with Gasteiger partial charge in [-0.2, -0.15) is 0 Å². The van der Waals surface area contributed by atoms with E-state index in [1.54, 1.807) is 14.2 Å². The number of hydrogen-bond acceptors (Lipinski definition) is 4. The Morgan fingerprint density at radius 1 is 0.895 bits per heavy atom. The molecule has 0 saturated carbocycles. The van der Waals surface area contributed by atoms with Crippen molar-refractivity contribution in [3.05, 3.63) is 85.7 Å². The van der Waals surface area contributed by atoms with Gasteiger partial charge in [-0.3, -0.25) is 0 Å². The highest BCUT2D eigenvalue weighted by molar-refractivity contribution is 6.99. The van der Waals surface area contributed by atoms with Crippen LogP contribution in [0.25, 0.3) is 0 Å². The molecule has 38 heavy (non-hydrogen) atoms. The van der Waals surface area contributed by atoms with Gasteiger partial charge in [-0.05, 0) is 53.4 Å². The van der Waals surface area contributed by atoms with Crippen molar-refractivity contribution in [3.8, 4) is 0 Å². The summed E-state index contributed by atoms with van der Waals surface area (Å²) in [5.41, 5.74) is 0. The Labute approximate surface area is 233 Å². The number of allylic oxidation sites excluding steroid dienone is 2. The molecule has 0 radical (unpaired) electrons. The predicted octanol–water partition coefficient (Wildman–Crippen LogP) is 7.24. The van der Waals surface area contributed by atoms with Crippen molar-refractivity contribution in [2.75, 3.05) is 20.8 Å². The van der Waals surface area contributed by atoms with Gasteiger partial charge in [0.1, 0.15) is 6.10 Å². The van der Waals surface area contributed by atoms with Crippen LogP contribution in [0.3, 0.4) is 0 Å². The molecule has 0 aliphatic rings. The number of hydrogen-bond donors (Lipinski definition) is 0. The first-order valence-electron chi connectivity index (χ1n) is 14.0. The van der Waals surface area contributed by atoms with E-state index in [0.717, 1.165) is 44.3 Å². The summed E-state index contributed by atoms with van der Waals surface area (Å²) in [5.74, 6) is 1.17. The zero-order valence-electron chi connectivity index (χ0n) is 24.6. The number of benzene rings is 2. The first kappa shape index (κ1) is 32.0. The third-order valence-corrected chi connectivity index (χ3v) is 12.3. The molecule has 0 saturated heterocycles. The lowest BCUT2D eigenvalue weighted by Gasteiger charge is -2.43. The zero-order chi connectivity index (χ0) is 28.0. The molecule has 2 aromatic carbocycles. The van der Waals surface area contributed by atoms with E-state index in [1.165, 1.54) is 10.4 Å². The average molecular weight is 539 g/mol. The maximum atomic E-state index is 7.09. The van der Waals surface area contributed by atoms with Crippen LogP contribution in [0.2, 0.25) is 5.04 Å². The number of rotatable bonds is 18. The fourth-order valence-corrected chi connectivity index (χ4v) is 9.82. The third-order valence-electron chi connectivity index (χ3n) is 7.28. The molecule has 0 spiro atoms. The average Bonchev–Trinajstić information content (AvgIpc) is 2.91. The van der Waals surface area contributed by atoms with Crippen molar-refractivity contribution in [2.24, 2.45) is 5.92 Å². The van der Waals surface area contributed by atoms with E-state index in [0.29, 0.717) is 12.5 Å². The van der Waals surface area contributed by atoms with Gasteiger partial charge in [-0.15, -0.1) is 6.58 Å². The molecule has 210 valence electrons. The Morgan fingerprint density at radius 3 is 1.92 bits per heavy atom. The summed E-state index contributed by atoms with van der Waals surface area (Å²) in [7, 11) is 0.806. The third kappa shape index (κ3) is 8.94. The van der Waals surface area contributed by atoms with Crippen LogP contribution in [-0.4, -0.2) is 41.5 Å². The summed E-state index contributed by atoms with van der Waals surface area (Å²) in [5, 5.41) is 2.59. The van der Waals surface area contributed by atoms with Crippen LogP contribution in [0.1, 0.15) is 66.2 Å². The monoisotopic (exact) mass is 538 g/mol. The lowest BCUT2D eigenvalue weighted by Crippen LogP contribution is -2.66. The molecule has 0 heterocycles. The standard InChI is InChI=1S/C33H50O4Si/c1-9-18-27(2)31(37-28(3)19-16-25-32(34-7)35-8)24-17-26-36-38(33(4,5)6,29-20-12-10-13-21-29)30-22-14-11-15-23-30/h9-15,20-23,27,31-32H,1,3,16-19,24-26H2,2,4-8H3/t27-,31-/m0/s1. The number of methoxy groups -OCH3 is 2. The minimum atomic E-state index is -2.53. The van der Waals surface area contributed by atoms with Crippen LogP contribution in [-0.2, 0) is 18.6 Å². The lowest BCUT2D eigenvalue weighted by molar-refractivity contribution is -0.107. The largest absolute Gasteiger partial charge is 0.495 e. The molecule has 0 amide bonds. The van der Waals surface area contributed by atoms with Gasteiger partial charge < -0.3 is 18.6 Å². The van der Waals surface area contributed by atoms with Gasteiger partial charge in [-0.25, -0.2) is 0 Å². The topological polar surface area (TPSA) is 36.9 Å². The van der Waals surface area contributed by atoms with Crippen molar-refractivity contribution >= 4 is 18.7 Å². The molecule has 2 atom stereocenters. The van der Waals surface area contributed by atoms with Crippen LogP contribution >= 0.6 is 0 Å². The highest BCUT2D eigenvalue weighted by atomic mass is 28.4. The minimum Gasteiger partial charge on any atom is -0.495 e. The first-order chi connectivity index (χ1) is 18.2. The van der Waals surface area contributed by atoms with Crippen LogP contribution < -0.4 is 10.4 Å². The molecule has 2 aromatic rings. The van der Waals surface area contributed by atoms with E-state index in [4.69, 9.17) is 18.6 Å². The summed E-state index contributed by atoms with van der Waals surface area (Å²) in [6.07, 6.45) is 7.11. The maximum Gasteiger partial charge on any atom is 0.261 e. The fraction of sp³-hybridized carbons (Fsp3) is 0.515. The van der Waals surface area contributed by atoms with Crippen molar-refractivity contribution < 1.29 is 18.6 Å². The molecular weight excluding hydrogens is 488 g/mol. The molecule has 0 bridgehead atoms. The van der Waals surface area contributed by atoms with Crippen LogP contribution in [0.4, 0.5) is 0 Å². The Hall–Kier alpha value is -2.18. The molecule has 0 fully saturated rings. The van der Waals surface area contributed by atoms with Gasteiger partial charge >= 0.3 is 0 Å². The van der Waals surface area contributed by atoms with E-state index in [9.17, 15) is 0 Å². The summed E-state index contributed by atoms with van der Waals surface area (Å²) >= 11 is 0. The van der Waals surface area contributed by atoms with Gasteiger partial charge in [-0.1, -0.05) is 101 Å². The second-order valence-electron chi connectivity index (χ2n) is 11.1. The van der Waals surface area contributed by atoms with Crippen LogP contribution in [0.15, 0.2) is 85.7 Å². The van der Waals surface area contributed by atoms with Gasteiger partial charge in [0.15, 0.2) is 6.29 Å². The summed E-state index contributed by atoms with van der Waals surface area (Å²) in [6.45, 7) is 18.0. The fourth-order valence-electron chi connectivity index (χ4n) is 5.22. The Bertz CT molecular complexity index is 895. The van der Waals surface area contributed by atoms with E-state index < -0.39 is 8.32 Å². The van der Waals surface area contributed by atoms with Crippen molar-refractivity contribution in [3.63, 3.8) is 0 Å². The van der Waals surface area contributed by atoms with E-state index >= 15 is 0 Å². The van der Waals surface area contributed by atoms with Crippen molar-refractivity contribution in [1.29, 1.82) is 0 Å². The maximum absolute atomic E-state index is 7.09. The highest BCUT2D eigenvalue weighted by Gasteiger charge is 2.50. The van der Waals surface area contributed by atoms with Gasteiger partial charge in [0.2, 0.25) is 0 Å². The molecule has 2 rings (SSSR count). The Balaban J connectivity index is 2.12. The summed E-state index contributed by atoms with van der Waals surface area (Å²) in [6, 6.07) is 21.6. The molecule has 0 aromatic heterocycles. The minimum absolute atomic E-state index is 0.0295. The zero-order valence-corrected chi connectivity index (χ0v) is 25.6. The van der Waals surface area contributed by atoms with Gasteiger partial charge in [0, 0.05) is 27.2 Å². The molecule has 0 aliphatic carbocycles. The van der Waals surface area contributed by atoms with Gasteiger partial charge in [0.05, 0.1) is 5.76 Å². The SMILES string of the molecule is C=CC[C@H](C)[C@H](CCCO[Si](c1ccccc1)(c1ccccc1)C(C)(C)C)OC(=C)CCCC(OC)OC. The Kier molecular flexibility index (Phi) is 13.5. The van der Waals surface area contributed by atoms with E-state index in [1.807, 2.05) is 6.08 Å². The molecule has 0 unspecified atom stereocenters. The molecular formula is C33H50O4Si.